The van der Waals surface area contributed by atoms with Crippen LogP contribution in [0.4, 0.5) is 20.3 Å². The van der Waals surface area contributed by atoms with E-state index in [0.717, 1.165) is 6.07 Å². The first kappa shape index (κ1) is 15.6. The quantitative estimate of drug-likeness (QED) is 0.452. The molecule has 118 valence electrons. The lowest BCUT2D eigenvalue weighted by Crippen LogP contribution is -2.06. The van der Waals surface area contributed by atoms with Crippen LogP contribution in [0.2, 0.25) is 5.02 Å². The number of anilines is 2. The van der Waals surface area contributed by atoms with Crippen LogP contribution in [0, 0.1) is 11.6 Å². The zero-order chi connectivity index (χ0) is 16.7. The summed E-state index contributed by atoms with van der Waals surface area (Å²) >= 11 is 8.69. The summed E-state index contributed by atoms with van der Waals surface area (Å²) in [6, 6.07) is 2.54. The fourth-order valence-corrected chi connectivity index (χ4v) is 2.60. The Morgan fingerprint density at radius 3 is 2.78 bits per heavy atom. The van der Waals surface area contributed by atoms with E-state index in [1.807, 2.05) is 0 Å². The fraction of sp³-hybridized carbons (Fsp3) is 0. The van der Waals surface area contributed by atoms with Crippen molar-refractivity contribution in [2.45, 2.75) is 0 Å². The summed E-state index contributed by atoms with van der Waals surface area (Å²) in [5.41, 5.74) is -0.0111. The Kier molecular flexibility index (Phi) is 3.90. The van der Waals surface area contributed by atoms with E-state index < -0.39 is 33.9 Å². The molecule has 3 N–H and O–H groups in total. The lowest BCUT2D eigenvalue weighted by atomic mass is 10.1. The van der Waals surface area contributed by atoms with E-state index in [4.69, 9.17) is 16.7 Å². The van der Waals surface area contributed by atoms with Crippen molar-refractivity contribution in [1.29, 1.82) is 0 Å². The van der Waals surface area contributed by atoms with Crippen molar-refractivity contribution in [3.05, 3.63) is 45.3 Å². The molecule has 0 spiro atoms. The standard InChI is InChI=1S/C13H6BrClF2N4O2/c14-7-2-6-11(19-3-18-6)12(21-7)20-5-1-4(13(22)23)8(15)10(17)9(5)16/h1-3H,(H,18,19)(H,20,21)(H,22,23). The van der Waals surface area contributed by atoms with E-state index in [0.29, 0.717) is 15.6 Å². The number of rotatable bonds is 3. The molecule has 2 heterocycles. The van der Waals surface area contributed by atoms with Gasteiger partial charge in [-0.25, -0.2) is 23.5 Å². The molecular formula is C13H6BrClF2N4O2. The van der Waals surface area contributed by atoms with Crippen LogP contribution in [-0.4, -0.2) is 26.0 Å². The molecule has 0 aliphatic heterocycles. The van der Waals surface area contributed by atoms with Crippen molar-refractivity contribution in [3.8, 4) is 0 Å². The molecule has 0 bridgehead atoms. The van der Waals surface area contributed by atoms with E-state index >= 15 is 0 Å². The molecule has 3 rings (SSSR count). The zero-order valence-electron chi connectivity index (χ0n) is 11.0. The minimum absolute atomic E-state index is 0.118. The maximum Gasteiger partial charge on any atom is 0.337 e. The Morgan fingerprint density at radius 1 is 1.35 bits per heavy atom. The van der Waals surface area contributed by atoms with E-state index in [9.17, 15) is 13.6 Å². The van der Waals surface area contributed by atoms with Gasteiger partial charge in [0.1, 0.15) is 10.1 Å². The number of hydrogen-bond acceptors (Lipinski definition) is 4. The van der Waals surface area contributed by atoms with Gasteiger partial charge in [0.2, 0.25) is 0 Å². The van der Waals surface area contributed by atoms with Crippen LogP contribution in [0.25, 0.3) is 11.0 Å². The first-order chi connectivity index (χ1) is 10.9. The third-order valence-corrected chi connectivity index (χ3v) is 3.78. The average Bonchev–Trinajstić information content (AvgIpc) is 2.95. The number of halogens is 4. The average molecular weight is 404 g/mol. The number of carbonyl (C=O) groups is 1. The lowest BCUT2D eigenvalue weighted by molar-refractivity contribution is 0.0696. The van der Waals surface area contributed by atoms with E-state index in [1.165, 1.54) is 6.33 Å². The van der Waals surface area contributed by atoms with Crippen LogP contribution in [0.15, 0.2) is 23.1 Å². The molecule has 0 saturated carbocycles. The number of imidazole rings is 1. The third kappa shape index (κ3) is 2.73. The van der Waals surface area contributed by atoms with Crippen LogP contribution >= 0.6 is 27.5 Å². The number of pyridine rings is 1. The topological polar surface area (TPSA) is 90.9 Å². The van der Waals surface area contributed by atoms with Gasteiger partial charge >= 0.3 is 5.97 Å². The van der Waals surface area contributed by atoms with Gasteiger partial charge in [-0.3, -0.25) is 0 Å². The molecule has 0 aliphatic carbocycles. The van der Waals surface area contributed by atoms with Crippen molar-refractivity contribution in [2.75, 3.05) is 5.32 Å². The number of benzene rings is 1. The number of carboxylic acid groups (broad SMARTS) is 1. The molecule has 1 aromatic carbocycles. The van der Waals surface area contributed by atoms with Gasteiger partial charge in [0.25, 0.3) is 0 Å². The van der Waals surface area contributed by atoms with Gasteiger partial charge in [0, 0.05) is 0 Å². The van der Waals surface area contributed by atoms with Crippen LogP contribution < -0.4 is 5.32 Å². The molecule has 0 amide bonds. The van der Waals surface area contributed by atoms with E-state index in [-0.39, 0.29) is 5.82 Å². The highest BCUT2D eigenvalue weighted by Crippen LogP contribution is 2.32. The van der Waals surface area contributed by atoms with E-state index in [2.05, 4.69) is 36.2 Å². The van der Waals surface area contributed by atoms with Gasteiger partial charge in [-0.15, -0.1) is 0 Å². The minimum Gasteiger partial charge on any atom is -0.478 e. The summed E-state index contributed by atoms with van der Waals surface area (Å²) in [4.78, 5) is 22.0. The predicted molar refractivity (Wildman–Crippen MR) is 83.2 cm³/mol. The smallest absolute Gasteiger partial charge is 0.337 e. The Bertz CT molecular complexity index is 947. The molecule has 0 saturated heterocycles. The number of carboxylic acids is 1. The van der Waals surface area contributed by atoms with Crippen molar-refractivity contribution in [1.82, 2.24) is 15.0 Å². The predicted octanol–water partition coefficient (Wildman–Crippen LogP) is 4.09. The molecule has 0 aliphatic rings. The van der Waals surface area contributed by atoms with Crippen molar-refractivity contribution in [3.63, 3.8) is 0 Å². The van der Waals surface area contributed by atoms with Crippen LogP contribution in [0.3, 0.4) is 0 Å². The molecule has 23 heavy (non-hydrogen) atoms. The molecular weight excluding hydrogens is 398 g/mol. The Labute approximate surface area is 140 Å². The van der Waals surface area contributed by atoms with Crippen molar-refractivity contribution < 1.29 is 18.7 Å². The van der Waals surface area contributed by atoms with Crippen LogP contribution in [-0.2, 0) is 0 Å². The monoisotopic (exact) mass is 402 g/mol. The SMILES string of the molecule is O=C(O)c1cc(Nc2nc(Br)cc3[nH]cnc23)c(F)c(F)c1Cl. The number of aromatic nitrogens is 3. The Hall–Kier alpha value is -2.26. The summed E-state index contributed by atoms with van der Waals surface area (Å²) in [6.45, 7) is 0. The normalized spacial score (nSPS) is 11.0. The molecule has 10 heteroatoms. The number of aromatic carboxylic acids is 1. The molecule has 0 fully saturated rings. The largest absolute Gasteiger partial charge is 0.478 e. The first-order valence-corrected chi connectivity index (χ1v) is 7.23. The number of aromatic amines is 1. The summed E-state index contributed by atoms with van der Waals surface area (Å²) in [7, 11) is 0. The Balaban J connectivity index is 2.15. The maximum absolute atomic E-state index is 14.0. The molecule has 2 aromatic heterocycles. The second kappa shape index (κ2) is 5.74. The minimum atomic E-state index is -1.48. The fourth-order valence-electron chi connectivity index (χ4n) is 1.98. The molecule has 0 unspecified atom stereocenters. The maximum atomic E-state index is 14.0. The number of H-pyrrole nitrogens is 1. The van der Waals surface area contributed by atoms with Crippen molar-refractivity contribution in [2.24, 2.45) is 0 Å². The van der Waals surface area contributed by atoms with Gasteiger partial charge < -0.3 is 15.4 Å². The second-order valence-electron chi connectivity index (χ2n) is 4.44. The van der Waals surface area contributed by atoms with Gasteiger partial charge in [0.05, 0.1) is 28.1 Å². The summed E-state index contributed by atoms with van der Waals surface area (Å²) in [5.74, 6) is -4.13. The highest BCUT2D eigenvalue weighted by atomic mass is 79.9. The van der Waals surface area contributed by atoms with Crippen LogP contribution in [0.5, 0.6) is 0 Å². The van der Waals surface area contributed by atoms with Crippen molar-refractivity contribution >= 4 is 56.0 Å². The molecule has 3 aromatic rings. The van der Waals surface area contributed by atoms with Crippen LogP contribution in [0.1, 0.15) is 10.4 Å². The molecule has 6 nitrogen and oxygen atoms in total. The van der Waals surface area contributed by atoms with Gasteiger partial charge in [-0.1, -0.05) is 11.6 Å². The zero-order valence-corrected chi connectivity index (χ0v) is 13.3. The molecule has 0 radical (unpaired) electrons. The highest BCUT2D eigenvalue weighted by molar-refractivity contribution is 9.10. The number of hydrogen-bond donors (Lipinski definition) is 3. The Morgan fingerprint density at radius 2 is 2.09 bits per heavy atom. The summed E-state index contributed by atoms with van der Waals surface area (Å²) < 4.78 is 28.2. The van der Waals surface area contributed by atoms with Gasteiger partial charge in [-0.05, 0) is 28.1 Å². The first-order valence-electron chi connectivity index (χ1n) is 6.06. The van der Waals surface area contributed by atoms with Gasteiger partial charge in [-0.2, -0.15) is 0 Å². The second-order valence-corrected chi connectivity index (χ2v) is 5.63. The highest BCUT2D eigenvalue weighted by Gasteiger charge is 2.22. The lowest BCUT2D eigenvalue weighted by Gasteiger charge is -2.11. The number of nitrogens with one attached hydrogen (secondary N) is 2. The number of nitrogens with zero attached hydrogens (tertiary/aromatic N) is 2. The van der Waals surface area contributed by atoms with E-state index in [1.54, 1.807) is 6.07 Å². The third-order valence-electron chi connectivity index (χ3n) is 3.01. The van der Waals surface area contributed by atoms with Gasteiger partial charge in [0.15, 0.2) is 17.5 Å². The summed E-state index contributed by atoms with van der Waals surface area (Å²) in [6.07, 6.45) is 1.41. The summed E-state index contributed by atoms with van der Waals surface area (Å²) in [5, 5.41) is 10.8. The molecule has 0 atom stereocenters. The number of fused-ring (bicyclic) bond motifs is 1.